The molecule has 0 saturated carbocycles. The summed E-state index contributed by atoms with van der Waals surface area (Å²) in [5, 5.41) is 30.2. The van der Waals surface area contributed by atoms with Crippen LogP contribution in [0, 0.1) is 10.1 Å². The molecule has 0 amide bonds. The highest BCUT2D eigenvalue weighted by Gasteiger charge is 2.22. The summed E-state index contributed by atoms with van der Waals surface area (Å²) in [6.45, 7) is 0. The molecule has 1 unspecified atom stereocenters. The van der Waals surface area contributed by atoms with Crippen molar-refractivity contribution in [2.75, 3.05) is 11.1 Å². The van der Waals surface area contributed by atoms with E-state index in [2.05, 4.69) is 10.3 Å². The van der Waals surface area contributed by atoms with Crippen LogP contribution in [0.4, 0.5) is 17.3 Å². The van der Waals surface area contributed by atoms with Gasteiger partial charge in [0.05, 0.1) is 11.3 Å². The fourth-order valence-corrected chi connectivity index (χ4v) is 1.26. The number of hydrogen-bond acceptors (Lipinski definition) is 7. The predicted molar refractivity (Wildman–Crippen MR) is 62.6 cm³/mol. The topological polar surface area (TPSA) is 169 Å². The lowest BCUT2D eigenvalue weighted by Crippen LogP contribution is -2.32. The molecule has 0 aliphatic rings. The lowest BCUT2D eigenvalue weighted by molar-refractivity contribution is -0.384. The van der Waals surface area contributed by atoms with Crippen molar-refractivity contribution in [3.8, 4) is 0 Å². The molecule has 0 spiro atoms. The van der Waals surface area contributed by atoms with Gasteiger partial charge in [0, 0.05) is 6.07 Å². The van der Waals surface area contributed by atoms with Crippen LogP contribution < -0.4 is 11.1 Å². The highest BCUT2D eigenvalue weighted by molar-refractivity contribution is 5.83. The average molecular weight is 270 g/mol. The Hall–Kier alpha value is -2.91. The van der Waals surface area contributed by atoms with E-state index in [1.165, 1.54) is 0 Å². The second kappa shape index (κ2) is 5.62. The molecule has 0 aliphatic carbocycles. The van der Waals surface area contributed by atoms with E-state index in [-0.39, 0.29) is 5.82 Å². The van der Waals surface area contributed by atoms with Crippen molar-refractivity contribution in [1.29, 1.82) is 0 Å². The van der Waals surface area contributed by atoms with E-state index in [4.69, 9.17) is 15.9 Å². The van der Waals surface area contributed by atoms with Gasteiger partial charge in [0.2, 0.25) is 5.82 Å². The number of rotatable bonds is 6. The summed E-state index contributed by atoms with van der Waals surface area (Å²) in [6, 6.07) is 0.780. The van der Waals surface area contributed by atoms with Crippen molar-refractivity contribution in [3.05, 3.63) is 22.2 Å². The number of anilines is 2. The van der Waals surface area contributed by atoms with Gasteiger partial charge in [-0.3, -0.25) is 14.9 Å². The van der Waals surface area contributed by atoms with Gasteiger partial charge in [0.15, 0.2) is 0 Å². The fourth-order valence-electron chi connectivity index (χ4n) is 1.26. The predicted octanol–water partition coefficient (Wildman–Crippen LogP) is -0.0882. The number of nitrogen functional groups attached to an aromatic ring is 1. The molecule has 19 heavy (non-hydrogen) atoms. The Bertz CT molecular complexity index is 531. The van der Waals surface area contributed by atoms with Crippen LogP contribution in [0.2, 0.25) is 0 Å². The summed E-state index contributed by atoms with van der Waals surface area (Å²) in [5.41, 5.74) is 4.90. The molecule has 0 aliphatic heterocycles. The van der Waals surface area contributed by atoms with Crippen LogP contribution in [0.1, 0.15) is 6.42 Å². The number of nitro groups is 1. The van der Waals surface area contributed by atoms with E-state index in [1.807, 2.05) is 0 Å². The second-order valence-corrected chi connectivity index (χ2v) is 3.49. The minimum atomic E-state index is -1.41. The maximum atomic E-state index is 10.8. The number of pyridine rings is 1. The van der Waals surface area contributed by atoms with Crippen molar-refractivity contribution in [3.63, 3.8) is 0 Å². The third-order valence-electron chi connectivity index (χ3n) is 2.10. The Kier molecular flexibility index (Phi) is 4.19. The molecule has 10 heteroatoms. The van der Waals surface area contributed by atoms with Crippen LogP contribution in [0.25, 0.3) is 0 Å². The molecule has 10 nitrogen and oxygen atoms in total. The molecule has 1 aromatic rings. The zero-order chi connectivity index (χ0) is 14.6. The van der Waals surface area contributed by atoms with E-state index in [0.717, 1.165) is 12.1 Å². The molecule has 0 bridgehead atoms. The van der Waals surface area contributed by atoms with E-state index in [0.29, 0.717) is 0 Å². The van der Waals surface area contributed by atoms with Crippen LogP contribution in [-0.4, -0.2) is 38.1 Å². The minimum absolute atomic E-state index is 0.0586. The monoisotopic (exact) mass is 270 g/mol. The molecule has 5 N–H and O–H groups in total. The smallest absolute Gasteiger partial charge is 0.326 e. The highest BCUT2D eigenvalue weighted by atomic mass is 16.6. The Morgan fingerprint density at radius 3 is 2.53 bits per heavy atom. The average Bonchev–Trinajstić information content (AvgIpc) is 2.26. The molecule has 0 fully saturated rings. The maximum Gasteiger partial charge on any atom is 0.326 e. The number of nitrogens with one attached hydrogen (secondary N) is 1. The standard InChI is InChI=1S/C9H10N4O6/c10-8-5(13(18)19)1-2-6(12-8)11-4(9(16)17)3-7(14)15/h1-2,4H,3H2,(H,14,15)(H,16,17)(H3,10,11,12). The van der Waals surface area contributed by atoms with Gasteiger partial charge < -0.3 is 21.3 Å². The van der Waals surface area contributed by atoms with E-state index < -0.39 is 40.8 Å². The van der Waals surface area contributed by atoms with Gasteiger partial charge in [-0.2, -0.15) is 0 Å². The first-order valence-corrected chi connectivity index (χ1v) is 4.93. The first-order valence-electron chi connectivity index (χ1n) is 4.93. The maximum absolute atomic E-state index is 10.8. The number of carboxylic acids is 2. The Labute approximate surface area is 106 Å². The summed E-state index contributed by atoms with van der Waals surface area (Å²) in [6.07, 6.45) is -0.673. The second-order valence-electron chi connectivity index (χ2n) is 3.49. The zero-order valence-electron chi connectivity index (χ0n) is 9.44. The highest BCUT2D eigenvalue weighted by Crippen LogP contribution is 2.21. The molecule has 0 aromatic carbocycles. The van der Waals surface area contributed by atoms with Crippen LogP contribution in [0.3, 0.4) is 0 Å². The molecule has 1 rings (SSSR count). The molecule has 0 saturated heterocycles. The number of aliphatic carboxylic acids is 2. The largest absolute Gasteiger partial charge is 0.481 e. The Balaban J connectivity index is 2.91. The summed E-state index contributed by atoms with van der Waals surface area (Å²) < 4.78 is 0. The summed E-state index contributed by atoms with van der Waals surface area (Å²) in [5.74, 6) is -3.15. The molecule has 102 valence electrons. The SMILES string of the molecule is Nc1nc(NC(CC(=O)O)C(=O)O)ccc1[N+](=O)[O-]. The quantitative estimate of drug-likeness (QED) is 0.407. The zero-order valence-corrected chi connectivity index (χ0v) is 9.44. The molecule has 1 atom stereocenters. The summed E-state index contributed by atoms with van der Waals surface area (Å²) >= 11 is 0. The first kappa shape index (κ1) is 14.2. The van der Waals surface area contributed by atoms with E-state index in [9.17, 15) is 19.7 Å². The van der Waals surface area contributed by atoms with Gasteiger partial charge in [-0.25, -0.2) is 9.78 Å². The number of hydrogen-bond donors (Lipinski definition) is 4. The van der Waals surface area contributed by atoms with Crippen molar-refractivity contribution in [2.45, 2.75) is 12.5 Å². The lowest BCUT2D eigenvalue weighted by Gasteiger charge is -2.12. The van der Waals surface area contributed by atoms with Crippen LogP contribution in [0.15, 0.2) is 12.1 Å². The van der Waals surface area contributed by atoms with E-state index in [1.54, 1.807) is 0 Å². The van der Waals surface area contributed by atoms with Gasteiger partial charge in [-0.05, 0) is 6.07 Å². The number of carbonyl (C=O) groups is 2. The third-order valence-corrected chi connectivity index (χ3v) is 2.10. The molecule has 0 radical (unpaired) electrons. The van der Waals surface area contributed by atoms with Gasteiger partial charge in [-0.15, -0.1) is 0 Å². The molecule has 1 aromatic heterocycles. The van der Waals surface area contributed by atoms with Gasteiger partial charge >= 0.3 is 17.6 Å². The van der Waals surface area contributed by atoms with Crippen LogP contribution >= 0.6 is 0 Å². The Morgan fingerprint density at radius 1 is 1.47 bits per heavy atom. The number of aromatic nitrogens is 1. The normalized spacial score (nSPS) is 11.6. The summed E-state index contributed by atoms with van der Waals surface area (Å²) in [4.78, 5) is 34.6. The van der Waals surface area contributed by atoms with Gasteiger partial charge in [-0.1, -0.05) is 0 Å². The van der Waals surface area contributed by atoms with Crippen molar-refractivity contribution in [1.82, 2.24) is 4.98 Å². The number of carboxylic acid groups (broad SMARTS) is 2. The van der Waals surface area contributed by atoms with E-state index >= 15 is 0 Å². The Morgan fingerprint density at radius 2 is 2.11 bits per heavy atom. The summed E-state index contributed by atoms with van der Waals surface area (Å²) in [7, 11) is 0. The van der Waals surface area contributed by atoms with Crippen LogP contribution in [0.5, 0.6) is 0 Å². The minimum Gasteiger partial charge on any atom is -0.481 e. The van der Waals surface area contributed by atoms with Crippen LogP contribution in [-0.2, 0) is 9.59 Å². The molecule has 1 heterocycles. The number of nitrogens with zero attached hydrogens (tertiary/aromatic N) is 2. The van der Waals surface area contributed by atoms with Crippen molar-refractivity contribution < 1.29 is 24.7 Å². The fraction of sp³-hybridized carbons (Fsp3) is 0.222. The van der Waals surface area contributed by atoms with Crippen molar-refractivity contribution >= 4 is 29.3 Å². The first-order chi connectivity index (χ1) is 8.81. The van der Waals surface area contributed by atoms with Crippen molar-refractivity contribution in [2.24, 2.45) is 0 Å². The molecular formula is C9H10N4O6. The number of nitrogens with two attached hydrogens (primary N) is 1. The third kappa shape index (κ3) is 3.80. The van der Waals surface area contributed by atoms with Gasteiger partial charge in [0.25, 0.3) is 0 Å². The lowest BCUT2D eigenvalue weighted by atomic mass is 10.2. The molecular weight excluding hydrogens is 260 g/mol. The van der Waals surface area contributed by atoms with Gasteiger partial charge in [0.1, 0.15) is 11.9 Å².